The van der Waals surface area contributed by atoms with E-state index < -0.39 is 0 Å². The second kappa shape index (κ2) is 5.86. The van der Waals surface area contributed by atoms with Crippen LogP contribution in [0.15, 0.2) is 24.3 Å². The Hall–Kier alpha value is -1.84. The molecule has 4 atom stereocenters. The first-order valence-corrected chi connectivity index (χ1v) is 9.51. The number of benzene rings is 1. The lowest BCUT2D eigenvalue weighted by Crippen LogP contribution is -2.65. The van der Waals surface area contributed by atoms with Crippen LogP contribution in [0, 0.1) is 24.2 Å². The van der Waals surface area contributed by atoms with Crippen LogP contribution in [-0.4, -0.2) is 17.4 Å². The molecule has 2 N–H and O–H groups in total. The van der Waals surface area contributed by atoms with Gasteiger partial charge in [-0.3, -0.25) is 9.59 Å². The van der Waals surface area contributed by atoms with Crippen LogP contribution >= 0.6 is 0 Å². The molecule has 4 fully saturated rings. The molecule has 1 aromatic carbocycles. The standard InChI is InChI=1S/C21H28N2O2/c1-14-3-5-16(6-4-14)12-22-19(25)20-8-17-7-18(9-20)11-21(10-17,13-20)23-15(2)24/h3-6,17-18H,7-13H2,1-2H3,(H,22,25)(H,23,24)/t17-,18+,20?,21?. The second-order valence-electron chi connectivity index (χ2n) is 8.87. The van der Waals surface area contributed by atoms with E-state index in [9.17, 15) is 9.59 Å². The predicted molar refractivity (Wildman–Crippen MR) is 96.7 cm³/mol. The first-order valence-electron chi connectivity index (χ1n) is 9.51. The zero-order valence-corrected chi connectivity index (χ0v) is 15.2. The summed E-state index contributed by atoms with van der Waals surface area (Å²) in [6.45, 7) is 4.26. The monoisotopic (exact) mass is 340 g/mol. The lowest BCUT2D eigenvalue weighted by molar-refractivity contribution is -0.153. The summed E-state index contributed by atoms with van der Waals surface area (Å²) in [5.74, 6) is 1.39. The largest absolute Gasteiger partial charge is 0.352 e. The van der Waals surface area contributed by atoms with Crippen molar-refractivity contribution in [3.63, 3.8) is 0 Å². The summed E-state index contributed by atoms with van der Waals surface area (Å²) in [7, 11) is 0. The molecule has 4 bridgehead atoms. The maximum absolute atomic E-state index is 13.1. The van der Waals surface area contributed by atoms with Crippen molar-refractivity contribution in [1.82, 2.24) is 10.6 Å². The number of carbonyl (C=O) groups excluding carboxylic acids is 2. The van der Waals surface area contributed by atoms with Gasteiger partial charge in [-0.15, -0.1) is 0 Å². The molecule has 4 nitrogen and oxygen atoms in total. The third kappa shape index (κ3) is 3.07. The highest BCUT2D eigenvalue weighted by atomic mass is 16.2. The number of hydrogen-bond donors (Lipinski definition) is 2. The summed E-state index contributed by atoms with van der Waals surface area (Å²) < 4.78 is 0. The Labute approximate surface area is 149 Å². The van der Waals surface area contributed by atoms with Gasteiger partial charge >= 0.3 is 0 Å². The lowest BCUT2D eigenvalue weighted by Gasteiger charge is -2.61. The topological polar surface area (TPSA) is 58.2 Å². The fourth-order valence-corrected chi connectivity index (χ4v) is 6.12. The summed E-state index contributed by atoms with van der Waals surface area (Å²) >= 11 is 0. The van der Waals surface area contributed by atoms with Gasteiger partial charge in [0, 0.05) is 19.0 Å². The highest BCUT2D eigenvalue weighted by Crippen LogP contribution is 2.61. The van der Waals surface area contributed by atoms with Gasteiger partial charge in [-0.05, 0) is 62.8 Å². The molecule has 0 heterocycles. The maximum Gasteiger partial charge on any atom is 0.226 e. The number of carbonyl (C=O) groups is 2. The molecule has 2 amide bonds. The fraction of sp³-hybridized carbons (Fsp3) is 0.619. The summed E-state index contributed by atoms with van der Waals surface area (Å²) in [4.78, 5) is 24.9. The van der Waals surface area contributed by atoms with Gasteiger partial charge in [0.05, 0.1) is 5.41 Å². The maximum atomic E-state index is 13.1. The molecule has 2 unspecified atom stereocenters. The Bertz CT molecular complexity index is 680. The molecule has 4 saturated carbocycles. The minimum atomic E-state index is -0.281. The molecule has 134 valence electrons. The van der Waals surface area contributed by atoms with Crippen LogP contribution in [-0.2, 0) is 16.1 Å². The first-order chi connectivity index (χ1) is 11.9. The molecular weight excluding hydrogens is 312 g/mol. The van der Waals surface area contributed by atoms with Gasteiger partial charge in [0.1, 0.15) is 0 Å². The van der Waals surface area contributed by atoms with E-state index in [4.69, 9.17) is 0 Å². The van der Waals surface area contributed by atoms with Gasteiger partial charge in [-0.2, -0.15) is 0 Å². The first kappa shape index (κ1) is 16.6. The Morgan fingerprint density at radius 2 is 1.72 bits per heavy atom. The molecule has 4 heteroatoms. The summed E-state index contributed by atoms with van der Waals surface area (Å²) in [6.07, 6.45) is 6.13. The van der Waals surface area contributed by atoms with Crippen LogP contribution in [0.4, 0.5) is 0 Å². The van der Waals surface area contributed by atoms with Gasteiger partial charge in [-0.1, -0.05) is 29.8 Å². The van der Waals surface area contributed by atoms with E-state index >= 15 is 0 Å². The molecule has 5 rings (SSSR count). The minimum Gasteiger partial charge on any atom is -0.352 e. The third-order valence-electron chi connectivity index (χ3n) is 6.56. The van der Waals surface area contributed by atoms with Gasteiger partial charge in [0.2, 0.25) is 11.8 Å². The predicted octanol–water partition coefficient (Wildman–Crippen LogP) is 3.09. The van der Waals surface area contributed by atoms with E-state index in [0.717, 1.165) is 37.7 Å². The van der Waals surface area contributed by atoms with Crippen molar-refractivity contribution in [3.8, 4) is 0 Å². The van der Waals surface area contributed by atoms with Gasteiger partial charge < -0.3 is 10.6 Å². The molecule has 0 saturated heterocycles. The fourth-order valence-electron chi connectivity index (χ4n) is 6.12. The molecule has 4 aliphatic carbocycles. The number of aryl methyl sites for hydroxylation is 1. The number of nitrogens with one attached hydrogen (secondary N) is 2. The van der Waals surface area contributed by atoms with E-state index in [2.05, 4.69) is 41.8 Å². The van der Waals surface area contributed by atoms with Crippen molar-refractivity contribution in [2.75, 3.05) is 0 Å². The molecular formula is C21H28N2O2. The van der Waals surface area contributed by atoms with Crippen molar-refractivity contribution < 1.29 is 9.59 Å². The van der Waals surface area contributed by atoms with Crippen molar-refractivity contribution >= 4 is 11.8 Å². The van der Waals surface area contributed by atoms with Crippen molar-refractivity contribution in [2.45, 2.75) is 64.5 Å². The number of hydrogen-bond acceptors (Lipinski definition) is 2. The molecule has 0 spiro atoms. The van der Waals surface area contributed by atoms with E-state index in [0.29, 0.717) is 18.4 Å². The number of rotatable bonds is 4. The van der Waals surface area contributed by atoms with Crippen molar-refractivity contribution in [1.29, 1.82) is 0 Å². The molecule has 0 aromatic heterocycles. The zero-order chi connectivity index (χ0) is 17.7. The Morgan fingerprint density at radius 1 is 1.08 bits per heavy atom. The van der Waals surface area contributed by atoms with Crippen molar-refractivity contribution in [2.24, 2.45) is 17.3 Å². The van der Waals surface area contributed by atoms with E-state index in [-0.39, 0.29) is 22.8 Å². The van der Waals surface area contributed by atoms with Crippen LogP contribution in [0.1, 0.15) is 56.6 Å². The molecule has 25 heavy (non-hydrogen) atoms. The SMILES string of the molecule is CC(=O)NC12C[C@H]3C[C@@H](C1)CC(C(=O)NCc1ccc(C)cc1)(C3)C2. The average molecular weight is 340 g/mol. The smallest absolute Gasteiger partial charge is 0.226 e. The Morgan fingerprint density at radius 3 is 2.32 bits per heavy atom. The molecule has 0 aliphatic heterocycles. The summed E-state index contributed by atoms with van der Waals surface area (Å²) in [6, 6.07) is 8.32. The second-order valence-corrected chi connectivity index (χ2v) is 8.87. The van der Waals surface area contributed by atoms with Crippen LogP contribution in [0.25, 0.3) is 0 Å². The third-order valence-corrected chi connectivity index (χ3v) is 6.56. The van der Waals surface area contributed by atoms with Gasteiger partial charge in [-0.25, -0.2) is 0 Å². The number of amides is 2. The van der Waals surface area contributed by atoms with Crippen LogP contribution < -0.4 is 10.6 Å². The highest BCUT2D eigenvalue weighted by molar-refractivity contribution is 5.84. The minimum absolute atomic E-state index is 0.0390. The molecule has 1 aromatic rings. The molecule has 0 radical (unpaired) electrons. The van der Waals surface area contributed by atoms with Crippen molar-refractivity contribution in [3.05, 3.63) is 35.4 Å². The van der Waals surface area contributed by atoms with Gasteiger partial charge in [0.15, 0.2) is 0 Å². The lowest BCUT2D eigenvalue weighted by atomic mass is 9.46. The van der Waals surface area contributed by atoms with Gasteiger partial charge in [0.25, 0.3) is 0 Å². The Balaban J connectivity index is 1.49. The van der Waals surface area contributed by atoms with E-state index in [1.807, 2.05) is 0 Å². The average Bonchev–Trinajstić information content (AvgIpc) is 2.51. The van der Waals surface area contributed by atoms with Crippen LogP contribution in [0.5, 0.6) is 0 Å². The Kier molecular flexibility index (Phi) is 3.89. The van der Waals surface area contributed by atoms with Crippen LogP contribution in [0.3, 0.4) is 0 Å². The summed E-state index contributed by atoms with van der Waals surface area (Å²) in [5, 5.41) is 6.42. The molecule has 4 aliphatic rings. The quantitative estimate of drug-likeness (QED) is 0.885. The van der Waals surface area contributed by atoms with E-state index in [1.165, 1.54) is 12.0 Å². The summed E-state index contributed by atoms with van der Waals surface area (Å²) in [5.41, 5.74) is 1.95. The van der Waals surface area contributed by atoms with E-state index in [1.54, 1.807) is 6.92 Å². The zero-order valence-electron chi connectivity index (χ0n) is 15.2. The van der Waals surface area contributed by atoms with Crippen LogP contribution in [0.2, 0.25) is 0 Å². The normalized spacial score (nSPS) is 35.4. The highest BCUT2D eigenvalue weighted by Gasteiger charge is 2.60.